The molecule has 0 bridgehead atoms. The van der Waals surface area contributed by atoms with E-state index in [-0.39, 0.29) is 5.75 Å². The number of hydrogen-bond acceptors (Lipinski definition) is 2. The summed E-state index contributed by atoms with van der Waals surface area (Å²) < 4.78 is 0. The largest absolute Gasteiger partial charge is 0.508 e. The van der Waals surface area contributed by atoms with Crippen molar-refractivity contribution >= 4 is 5.97 Å². The second kappa shape index (κ2) is 3.51. The molecule has 1 fully saturated rings. The fraction of sp³-hybridized carbons (Fsp3) is 0.462. The Labute approximate surface area is 94.7 Å². The first-order chi connectivity index (χ1) is 7.51. The van der Waals surface area contributed by atoms with Gasteiger partial charge < -0.3 is 10.2 Å². The molecule has 0 radical (unpaired) electrons. The van der Waals surface area contributed by atoms with Gasteiger partial charge in [0.2, 0.25) is 0 Å². The van der Waals surface area contributed by atoms with Crippen LogP contribution in [0.25, 0.3) is 0 Å². The number of phenolic OH excluding ortho intramolecular Hbond substituents is 1. The molecule has 2 rings (SSSR count). The first-order valence-corrected chi connectivity index (χ1v) is 5.57. The predicted molar refractivity (Wildman–Crippen MR) is 60.8 cm³/mol. The lowest BCUT2D eigenvalue weighted by atomic mass is 9.89. The van der Waals surface area contributed by atoms with Crippen LogP contribution in [0.5, 0.6) is 5.75 Å². The molecule has 0 unspecified atom stereocenters. The summed E-state index contributed by atoms with van der Waals surface area (Å²) in [7, 11) is 0. The van der Waals surface area contributed by atoms with Crippen LogP contribution in [0.2, 0.25) is 0 Å². The molecule has 1 aromatic carbocycles. The van der Waals surface area contributed by atoms with Crippen molar-refractivity contribution in [3.8, 4) is 5.75 Å². The van der Waals surface area contributed by atoms with Gasteiger partial charge in [0.15, 0.2) is 0 Å². The lowest BCUT2D eigenvalue weighted by molar-refractivity contribution is -0.140. The zero-order valence-corrected chi connectivity index (χ0v) is 9.58. The lowest BCUT2D eigenvalue weighted by Crippen LogP contribution is -2.20. The van der Waals surface area contributed by atoms with Crippen LogP contribution in [-0.2, 0) is 16.6 Å². The number of rotatable bonds is 3. The molecule has 0 atom stereocenters. The Balaban J connectivity index is 2.53. The fourth-order valence-corrected chi connectivity index (χ4v) is 2.26. The van der Waals surface area contributed by atoms with Gasteiger partial charge in [0.25, 0.3) is 0 Å². The van der Waals surface area contributed by atoms with Gasteiger partial charge in [-0.1, -0.05) is 13.0 Å². The first kappa shape index (κ1) is 11.0. The SMILES string of the molecule is CCc1cc(C2(C(=O)O)CC2)c(C)cc1O. The van der Waals surface area contributed by atoms with Crippen molar-refractivity contribution in [2.24, 2.45) is 0 Å². The van der Waals surface area contributed by atoms with Crippen molar-refractivity contribution in [1.82, 2.24) is 0 Å². The quantitative estimate of drug-likeness (QED) is 0.822. The molecule has 0 heterocycles. The first-order valence-electron chi connectivity index (χ1n) is 5.57. The molecule has 1 aromatic rings. The van der Waals surface area contributed by atoms with E-state index in [1.165, 1.54) is 0 Å². The number of aryl methyl sites for hydroxylation is 2. The van der Waals surface area contributed by atoms with Crippen molar-refractivity contribution in [2.45, 2.75) is 38.5 Å². The third-order valence-electron chi connectivity index (χ3n) is 3.48. The summed E-state index contributed by atoms with van der Waals surface area (Å²) >= 11 is 0. The highest BCUT2D eigenvalue weighted by atomic mass is 16.4. The molecule has 3 heteroatoms. The maximum absolute atomic E-state index is 11.3. The van der Waals surface area contributed by atoms with E-state index < -0.39 is 11.4 Å². The van der Waals surface area contributed by atoms with Gasteiger partial charge in [-0.2, -0.15) is 0 Å². The average Bonchev–Trinajstić information content (AvgIpc) is 2.99. The summed E-state index contributed by atoms with van der Waals surface area (Å²) in [6.07, 6.45) is 2.13. The molecule has 1 aliphatic carbocycles. The number of hydrogen-bond donors (Lipinski definition) is 2. The number of aliphatic carboxylic acids is 1. The van der Waals surface area contributed by atoms with E-state index in [4.69, 9.17) is 0 Å². The Morgan fingerprint density at radius 2 is 2.06 bits per heavy atom. The molecule has 0 aromatic heterocycles. The van der Waals surface area contributed by atoms with Gasteiger partial charge in [0.05, 0.1) is 5.41 Å². The Kier molecular flexibility index (Phi) is 2.41. The smallest absolute Gasteiger partial charge is 0.314 e. The lowest BCUT2D eigenvalue weighted by Gasteiger charge is -2.15. The minimum Gasteiger partial charge on any atom is -0.508 e. The number of carboxylic acids is 1. The van der Waals surface area contributed by atoms with Crippen molar-refractivity contribution in [3.63, 3.8) is 0 Å². The van der Waals surface area contributed by atoms with E-state index in [1.807, 2.05) is 19.9 Å². The fourth-order valence-electron chi connectivity index (χ4n) is 2.26. The molecule has 0 aliphatic heterocycles. The van der Waals surface area contributed by atoms with Gasteiger partial charge in [-0.15, -0.1) is 0 Å². The highest BCUT2D eigenvalue weighted by Crippen LogP contribution is 2.50. The predicted octanol–water partition coefficient (Wildman–Crippen LogP) is 2.38. The zero-order chi connectivity index (χ0) is 11.9. The summed E-state index contributed by atoms with van der Waals surface area (Å²) in [5.74, 6) is -0.478. The summed E-state index contributed by atoms with van der Waals surface area (Å²) in [5.41, 5.74) is 1.89. The Morgan fingerprint density at radius 1 is 1.44 bits per heavy atom. The van der Waals surface area contributed by atoms with Crippen LogP contribution >= 0.6 is 0 Å². The Morgan fingerprint density at radius 3 is 2.50 bits per heavy atom. The monoisotopic (exact) mass is 220 g/mol. The van der Waals surface area contributed by atoms with Gasteiger partial charge in [0, 0.05) is 0 Å². The van der Waals surface area contributed by atoms with Gasteiger partial charge in [0.1, 0.15) is 5.75 Å². The summed E-state index contributed by atoms with van der Waals surface area (Å²) in [6.45, 7) is 3.81. The molecular formula is C13H16O3. The van der Waals surface area contributed by atoms with Gasteiger partial charge >= 0.3 is 5.97 Å². The molecule has 1 saturated carbocycles. The number of carbonyl (C=O) groups is 1. The molecule has 2 N–H and O–H groups in total. The topological polar surface area (TPSA) is 57.5 Å². The van der Waals surface area contributed by atoms with E-state index in [9.17, 15) is 15.0 Å². The van der Waals surface area contributed by atoms with Crippen LogP contribution in [0.4, 0.5) is 0 Å². The second-order valence-electron chi connectivity index (χ2n) is 4.54. The highest BCUT2D eigenvalue weighted by molar-refractivity contribution is 5.85. The summed E-state index contributed by atoms with van der Waals surface area (Å²) in [4.78, 5) is 11.3. The van der Waals surface area contributed by atoms with Crippen molar-refractivity contribution < 1.29 is 15.0 Å². The van der Waals surface area contributed by atoms with Crippen molar-refractivity contribution in [3.05, 3.63) is 28.8 Å². The average molecular weight is 220 g/mol. The maximum atomic E-state index is 11.3. The molecule has 0 spiro atoms. The Hall–Kier alpha value is -1.51. The molecule has 0 amide bonds. The van der Waals surface area contributed by atoms with Crippen LogP contribution in [0.15, 0.2) is 12.1 Å². The van der Waals surface area contributed by atoms with Crippen LogP contribution in [0.1, 0.15) is 36.5 Å². The van der Waals surface area contributed by atoms with E-state index >= 15 is 0 Å². The Bertz CT molecular complexity index is 445. The number of benzene rings is 1. The highest BCUT2D eigenvalue weighted by Gasteiger charge is 2.52. The van der Waals surface area contributed by atoms with Crippen LogP contribution in [-0.4, -0.2) is 16.2 Å². The number of aromatic hydroxyl groups is 1. The molecule has 1 aliphatic rings. The summed E-state index contributed by atoms with van der Waals surface area (Å²) in [5, 5.41) is 18.9. The van der Waals surface area contributed by atoms with E-state index in [1.54, 1.807) is 6.07 Å². The van der Waals surface area contributed by atoms with Gasteiger partial charge in [-0.3, -0.25) is 4.79 Å². The van der Waals surface area contributed by atoms with Crippen molar-refractivity contribution in [1.29, 1.82) is 0 Å². The van der Waals surface area contributed by atoms with E-state index in [0.29, 0.717) is 12.8 Å². The third-order valence-corrected chi connectivity index (χ3v) is 3.48. The molecule has 16 heavy (non-hydrogen) atoms. The second-order valence-corrected chi connectivity index (χ2v) is 4.54. The van der Waals surface area contributed by atoms with Crippen LogP contribution in [0, 0.1) is 6.92 Å². The number of carboxylic acid groups (broad SMARTS) is 1. The maximum Gasteiger partial charge on any atom is 0.314 e. The van der Waals surface area contributed by atoms with Crippen LogP contribution in [0.3, 0.4) is 0 Å². The zero-order valence-electron chi connectivity index (χ0n) is 9.58. The summed E-state index contributed by atoms with van der Waals surface area (Å²) in [6, 6.07) is 3.53. The third kappa shape index (κ3) is 1.47. The molecule has 0 saturated heterocycles. The molecule has 3 nitrogen and oxygen atoms in total. The normalized spacial score (nSPS) is 17.1. The molecule has 86 valence electrons. The van der Waals surface area contributed by atoms with E-state index in [2.05, 4.69) is 0 Å². The molecular weight excluding hydrogens is 204 g/mol. The van der Waals surface area contributed by atoms with Gasteiger partial charge in [-0.25, -0.2) is 0 Å². The van der Waals surface area contributed by atoms with Crippen LogP contribution < -0.4 is 0 Å². The van der Waals surface area contributed by atoms with Crippen molar-refractivity contribution in [2.75, 3.05) is 0 Å². The standard InChI is InChI=1S/C13H16O3/c1-3-9-7-10(8(2)6-11(9)14)13(4-5-13)12(15)16/h6-7,14H,3-5H2,1-2H3,(H,15,16). The number of phenols is 1. The van der Waals surface area contributed by atoms with E-state index in [0.717, 1.165) is 23.1 Å². The minimum atomic E-state index is -0.747. The minimum absolute atomic E-state index is 0.268. The van der Waals surface area contributed by atoms with Gasteiger partial charge in [-0.05, 0) is 48.9 Å².